The van der Waals surface area contributed by atoms with E-state index in [0.717, 1.165) is 16.8 Å². The fraction of sp³-hybridized carbons (Fsp3) is 0.417. The molecule has 2 N–H and O–H groups in total. The Morgan fingerprint density at radius 1 is 1.32 bits per heavy atom. The molecule has 0 spiro atoms. The van der Waals surface area contributed by atoms with Crippen LogP contribution in [0.5, 0.6) is 0 Å². The van der Waals surface area contributed by atoms with Gasteiger partial charge in [-0.25, -0.2) is 12.8 Å². The molecule has 0 aromatic heterocycles. The molecule has 1 atom stereocenters. The van der Waals surface area contributed by atoms with Crippen molar-refractivity contribution in [3.8, 4) is 0 Å². The number of benzene rings is 1. The first-order valence-electron chi connectivity index (χ1n) is 6.00. The van der Waals surface area contributed by atoms with Crippen LogP contribution in [0.4, 0.5) is 4.39 Å². The van der Waals surface area contributed by atoms with Crippen LogP contribution >= 0.6 is 0 Å². The number of rotatable bonds is 3. The number of sulfonamides is 1. The maximum atomic E-state index is 13.6. The molecule has 0 radical (unpaired) electrons. The number of nitrogens with two attached hydrogens (primary N) is 1. The topological polar surface area (TPSA) is 80.5 Å². The summed E-state index contributed by atoms with van der Waals surface area (Å²) >= 11 is 0. The van der Waals surface area contributed by atoms with Crippen molar-refractivity contribution in [3.63, 3.8) is 0 Å². The fourth-order valence-corrected chi connectivity index (χ4v) is 3.99. The van der Waals surface area contributed by atoms with Crippen LogP contribution in [0, 0.1) is 5.82 Å². The van der Waals surface area contributed by atoms with Crippen molar-refractivity contribution in [1.82, 2.24) is 4.31 Å². The van der Waals surface area contributed by atoms with Crippen molar-refractivity contribution in [2.45, 2.75) is 30.2 Å². The summed E-state index contributed by atoms with van der Waals surface area (Å²) in [4.78, 5) is 10.9. The molecule has 19 heavy (non-hydrogen) atoms. The molecule has 1 aromatic carbocycles. The number of hydrogen-bond acceptors (Lipinski definition) is 3. The van der Waals surface area contributed by atoms with Gasteiger partial charge in [0.25, 0.3) is 0 Å². The van der Waals surface area contributed by atoms with Gasteiger partial charge in [-0.05, 0) is 25.0 Å². The summed E-state index contributed by atoms with van der Waals surface area (Å²) in [5, 5.41) is 0. The van der Waals surface area contributed by atoms with Crippen LogP contribution in [-0.2, 0) is 14.8 Å². The van der Waals surface area contributed by atoms with E-state index in [0.29, 0.717) is 12.8 Å². The Kier molecular flexibility index (Phi) is 3.86. The van der Waals surface area contributed by atoms with E-state index < -0.39 is 32.7 Å². The lowest BCUT2D eigenvalue weighted by molar-refractivity contribution is -0.122. The lowest BCUT2D eigenvalue weighted by Crippen LogP contribution is -2.50. The minimum Gasteiger partial charge on any atom is -0.368 e. The number of amides is 1. The Labute approximate surface area is 111 Å². The zero-order valence-corrected chi connectivity index (χ0v) is 11.1. The summed E-state index contributed by atoms with van der Waals surface area (Å²) < 4.78 is 39.5. The molecular weight excluding hydrogens is 271 g/mol. The maximum Gasteiger partial charge on any atom is 0.246 e. The molecule has 1 aliphatic rings. The molecule has 0 unspecified atom stereocenters. The molecule has 1 amide bonds. The third kappa shape index (κ3) is 2.62. The highest BCUT2D eigenvalue weighted by molar-refractivity contribution is 7.89. The van der Waals surface area contributed by atoms with Crippen LogP contribution in [-0.4, -0.2) is 31.2 Å². The molecule has 1 saturated heterocycles. The monoisotopic (exact) mass is 286 g/mol. The predicted molar refractivity (Wildman–Crippen MR) is 67.1 cm³/mol. The van der Waals surface area contributed by atoms with Gasteiger partial charge in [0, 0.05) is 6.54 Å². The van der Waals surface area contributed by atoms with Crippen LogP contribution in [0.2, 0.25) is 0 Å². The van der Waals surface area contributed by atoms with Gasteiger partial charge in [0.1, 0.15) is 16.8 Å². The molecule has 104 valence electrons. The molecule has 2 rings (SSSR count). The van der Waals surface area contributed by atoms with Gasteiger partial charge in [0.15, 0.2) is 0 Å². The minimum absolute atomic E-state index is 0.185. The van der Waals surface area contributed by atoms with Crippen LogP contribution < -0.4 is 5.73 Å². The summed E-state index contributed by atoms with van der Waals surface area (Å²) in [6, 6.07) is 4.24. The van der Waals surface area contributed by atoms with Crippen LogP contribution in [0.3, 0.4) is 0 Å². The van der Waals surface area contributed by atoms with Gasteiger partial charge in [-0.3, -0.25) is 4.79 Å². The number of nitrogens with zero attached hydrogens (tertiary/aromatic N) is 1. The van der Waals surface area contributed by atoms with E-state index in [-0.39, 0.29) is 6.54 Å². The Morgan fingerprint density at radius 3 is 2.63 bits per heavy atom. The zero-order valence-electron chi connectivity index (χ0n) is 10.3. The zero-order chi connectivity index (χ0) is 14.0. The molecule has 0 saturated carbocycles. The number of primary amides is 1. The Bertz CT molecular complexity index is 588. The molecule has 1 heterocycles. The second-order valence-corrected chi connectivity index (χ2v) is 6.32. The van der Waals surface area contributed by atoms with E-state index in [1.807, 2.05) is 0 Å². The second kappa shape index (κ2) is 5.26. The first-order chi connectivity index (χ1) is 8.94. The average Bonchev–Trinajstić information content (AvgIpc) is 2.39. The van der Waals surface area contributed by atoms with Crippen LogP contribution in [0.25, 0.3) is 0 Å². The van der Waals surface area contributed by atoms with Crippen molar-refractivity contribution in [3.05, 3.63) is 30.1 Å². The van der Waals surface area contributed by atoms with Gasteiger partial charge in [-0.15, -0.1) is 0 Å². The number of carbonyl (C=O) groups excluding carboxylic acids is 1. The lowest BCUT2D eigenvalue weighted by atomic mass is 10.0. The molecule has 1 aromatic rings. The van der Waals surface area contributed by atoms with E-state index in [1.54, 1.807) is 0 Å². The smallest absolute Gasteiger partial charge is 0.246 e. The normalized spacial score (nSPS) is 21.2. The molecule has 0 aliphatic carbocycles. The summed E-state index contributed by atoms with van der Waals surface area (Å²) in [5.74, 6) is -1.52. The fourth-order valence-electron chi connectivity index (χ4n) is 2.26. The predicted octanol–water partition coefficient (Wildman–Crippen LogP) is 0.854. The van der Waals surface area contributed by atoms with Gasteiger partial charge < -0.3 is 5.73 Å². The van der Waals surface area contributed by atoms with Gasteiger partial charge >= 0.3 is 0 Å². The average molecular weight is 286 g/mol. The van der Waals surface area contributed by atoms with E-state index >= 15 is 0 Å². The standard InChI is InChI=1S/C12H15FN2O3S/c13-9-5-1-2-7-11(9)19(17,18)15-8-4-3-6-10(15)12(14)16/h1-2,5,7,10H,3-4,6,8H2,(H2,14,16)/t10-/m0/s1. The summed E-state index contributed by atoms with van der Waals surface area (Å²) in [6.07, 6.45) is 1.75. The van der Waals surface area contributed by atoms with Gasteiger partial charge in [-0.1, -0.05) is 18.6 Å². The first-order valence-corrected chi connectivity index (χ1v) is 7.44. The van der Waals surface area contributed by atoms with Crippen molar-refractivity contribution in [2.75, 3.05) is 6.54 Å². The second-order valence-electron chi connectivity index (χ2n) is 4.46. The SMILES string of the molecule is NC(=O)[C@@H]1CCCCN1S(=O)(=O)c1ccccc1F. The molecule has 1 aliphatic heterocycles. The van der Waals surface area contributed by atoms with Crippen molar-refractivity contribution < 1.29 is 17.6 Å². The largest absolute Gasteiger partial charge is 0.368 e. The van der Waals surface area contributed by atoms with Crippen LogP contribution in [0.15, 0.2) is 29.2 Å². The van der Waals surface area contributed by atoms with Crippen LogP contribution in [0.1, 0.15) is 19.3 Å². The third-order valence-corrected chi connectivity index (χ3v) is 5.15. The third-order valence-electron chi connectivity index (χ3n) is 3.21. The Hall–Kier alpha value is -1.47. The molecule has 1 fully saturated rings. The number of piperidine rings is 1. The summed E-state index contributed by atoms with van der Waals surface area (Å²) in [5.41, 5.74) is 5.23. The highest BCUT2D eigenvalue weighted by Gasteiger charge is 2.37. The molecular formula is C12H15FN2O3S. The van der Waals surface area contributed by atoms with Gasteiger partial charge in [0.2, 0.25) is 15.9 Å². The van der Waals surface area contributed by atoms with Crippen molar-refractivity contribution >= 4 is 15.9 Å². The first kappa shape index (κ1) is 14.0. The highest BCUT2D eigenvalue weighted by Crippen LogP contribution is 2.26. The molecule has 0 bridgehead atoms. The van der Waals surface area contributed by atoms with E-state index in [9.17, 15) is 17.6 Å². The molecule has 7 heteroatoms. The number of carbonyl (C=O) groups is 1. The van der Waals surface area contributed by atoms with Crippen molar-refractivity contribution in [1.29, 1.82) is 0 Å². The Balaban J connectivity index is 2.43. The number of hydrogen-bond donors (Lipinski definition) is 1. The quantitative estimate of drug-likeness (QED) is 0.894. The molecule has 5 nitrogen and oxygen atoms in total. The Morgan fingerprint density at radius 2 is 2.00 bits per heavy atom. The van der Waals surface area contributed by atoms with E-state index in [2.05, 4.69) is 0 Å². The van der Waals surface area contributed by atoms with Crippen molar-refractivity contribution in [2.24, 2.45) is 5.73 Å². The van der Waals surface area contributed by atoms with Gasteiger partial charge in [0.05, 0.1) is 0 Å². The highest BCUT2D eigenvalue weighted by atomic mass is 32.2. The lowest BCUT2D eigenvalue weighted by Gasteiger charge is -2.32. The van der Waals surface area contributed by atoms with Gasteiger partial charge in [-0.2, -0.15) is 4.31 Å². The summed E-state index contributed by atoms with van der Waals surface area (Å²) in [6.45, 7) is 0.185. The summed E-state index contributed by atoms with van der Waals surface area (Å²) in [7, 11) is -4.03. The van der Waals surface area contributed by atoms with E-state index in [1.165, 1.54) is 18.2 Å². The maximum absolute atomic E-state index is 13.6. The van der Waals surface area contributed by atoms with E-state index in [4.69, 9.17) is 5.73 Å². The number of halogens is 1. The minimum atomic E-state index is -4.03.